The van der Waals surface area contributed by atoms with Crippen LogP contribution in [0.4, 0.5) is 28.4 Å². The number of benzene rings is 5. The van der Waals surface area contributed by atoms with Crippen LogP contribution in [0, 0.1) is 0 Å². The van der Waals surface area contributed by atoms with E-state index in [4.69, 9.17) is 0 Å². The summed E-state index contributed by atoms with van der Waals surface area (Å²) >= 11 is 0. The minimum atomic E-state index is -4.63. The molecule has 5 aromatic carbocycles. The zero-order chi connectivity index (χ0) is 31.3. The van der Waals surface area contributed by atoms with Crippen LogP contribution in [0.1, 0.15) is 12.5 Å². The maximum Gasteiger partial charge on any atom is 1.00 e. The molecule has 0 radical (unpaired) electrons. The first-order valence-electron chi connectivity index (χ1n) is 13.4. The number of rotatable bonds is 10. The van der Waals surface area contributed by atoms with Gasteiger partial charge in [0, 0.05) is 29.5 Å². The number of anilines is 1. The van der Waals surface area contributed by atoms with E-state index in [1.165, 1.54) is 30.3 Å². The largest absolute Gasteiger partial charge is 1.00 e. The Kier molecular flexibility index (Phi) is 13.4. The van der Waals surface area contributed by atoms with E-state index in [0.29, 0.717) is 40.9 Å². The van der Waals surface area contributed by atoms with Crippen molar-refractivity contribution in [2.75, 3.05) is 11.4 Å². The van der Waals surface area contributed by atoms with Crippen molar-refractivity contribution in [1.29, 1.82) is 0 Å². The molecule has 0 saturated heterocycles. The van der Waals surface area contributed by atoms with E-state index in [0.717, 1.165) is 5.56 Å². The molecule has 5 rings (SSSR count). The molecule has 0 fully saturated rings. The van der Waals surface area contributed by atoms with Crippen LogP contribution in [0.5, 0.6) is 0 Å². The average Bonchev–Trinajstić information content (AvgIpc) is 3.01. The van der Waals surface area contributed by atoms with Gasteiger partial charge in [0.25, 0.3) is 20.2 Å². The van der Waals surface area contributed by atoms with Crippen LogP contribution >= 0.6 is 0 Å². The van der Waals surface area contributed by atoms with Gasteiger partial charge in [-0.05, 0) is 61.0 Å². The zero-order valence-corrected chi connectivity index (χ0v) is 31.0. The van der Waals surface area contributed by atoms with Gasteiger partial charge in [-0.25, -0.2) is 0 Å². The smallest absolute Gasteiger partial charge is 0.367 e. The monoisotopic (exact) mass is 675 g/mol. The predicted molar refractivity (Wildman–Crippen MR) is 168 cm³/mol. The van der Waals surface area contributed by atoms with Gasteiger partial charge in [-0.1, -0.05) is 60.7 Å². The van der Waals surface area contributed by atoms with Gasteiger partial charge in [-0.15, -0.1) is 15.3 Å². The van der Waals surface area contributed by atoms with E-state index in [2.05, 4.69) is 20.5 Å². The topological polar surface area (TPSA) is 161 Å². The standard InChI is InChI=1S/C31H27N5O6S2.2Na/c1-2-36(21-22-9-4-3-5-10-22)24-15-16-30(31(20-24)44(40,41)42)35-34-29-18-17-28(26-13-6-7-14-27(26)29)33-32-23-11-8-12-25(19-23)43(37,38)39;;/h3-20H,2,21H2,1H3,(H,37,38,39)(H,40,41,42);;/q;2*+1. The van der Waals surface area contributed by atoms with Crippen molar-refractivity contribution in [2.45, 2.75) is 23.3 Å². The molecule has 0 heterocycles. The summed E-state index contributed by atoms with van der Waals surface area (Å²) in [4.78, 5) is 1.31. The van der Waals surface area contributed by atoms with Crippen LogP contribution in [-0.4, -0.2) is 32.5 Å². The summed E-state index contributed by atoms with van der Waals surface area (Å²) in [6.07, 6.45) is 0. The third-order valence-electron chi connectivity index (χ3n) is 6.72. The molecule has 0 aliphatic carbocycles. The minimum absolute atomic E-state index is 0. The minimum Gasteiger partial charge on any atom is -0.367 e. The van der Waals surface area contributed by atoms with Crippen LogP contribution in [-0.2, 0) is 26.8 Å². The molecule has 0 spiro atoms. The molecule has 0 aliphatic rings. The third kappa shape index (κ3) is 9.38. The molecule has 5 aromatic rings. The Morgan fingerprint density at radius 2 is 1.17 bits per heavy atom. The van der Waals surface area contributed by atoms with Gasteiger partial charge in [0.2, 0.25) is 0 Å². The average molecular weight is 676 g/mol. The fourth-order valence-electron chi connectivity index (χ4n) is 4.55. The summed E-state index contributed by atoms with van der Waals surface area (Å²) in [6.45, 7) is 3.10. The summed E-state index contributed by atoms with van der Waals surface area (Å²) in [5.41, 5.74) is 2.71. The maximum absolute atomic E-state index is 12.4. The Labute approximate surface area is 311 Å². The fraction of sp³-hybridized carbons (Fsp3) is 0.0968. The SMILES string of the molecule is CCN(Cc1ccccc1)c1ccc(N=Nc2ccc(N=Nc3cccc(S(=O)(=O)O)c3)c3ccccc23)c(S(=O)(=O)O)c1.[Na+].[Na+]. The second-order valence-corrected chi connectivity index (χ2v) is 12.5. The van der Waals surface area contributed by atoms with Gasteiger partial charge in [0.1, 0.15) is 10.6 Å². The molecule has 0 unspecified atom stereocenters. The summed E-state index contributed by atoms with van der Waals surface area (Å²) in [5.74, 6) is 0. The van der Waals surface area contributed by atoms with Crippen LogP contribution in [0.15, 0.2) is 139 Å². The van der Waals surface area contributed by atoms with Crippen molar-refractivity contribution in [3.63, 3.8) is 0 Å². The maximum atomic E-state index is 12.4. The summed E-state index contributed by atoms with van der Waals surface area (Å²) in [5, 5.41) is 18.2. The van der Waals surface area contributed by atoms with Crippen LogP contribution in [0.3, 0.4) is 0 Å². The first-order chi connectivity index (χ1) is 21.0. The van der Waals surface area contributed by atoms with E-state index >= 15 is 0 Å². The normalized spacial score (nSPS) is 11.8. The van der Waals surface area contributed by atoms with Crippen molar-refractivity contribution >= 4 is 59.4 Å². The third-order valence-corrected chi connectivity index (χ3v) is 8.45. The first kappa shape index (κ1) is 37.6. The van der Waals surface area contributed by atoms with Crippen LogP contribution in [0.2, 0.25) is 0 Å². The molecule has 0 aromatic heterocycles. The first-order valence-corrected chi connectivity index (χ1v) is 16.2. The van der Waals surface area contributed by atoms with Crippen LogP contribution in [0.25, 0.3) is 10.8 Å². The van der Waals surface area contributed by atoms with Gasteiger partial charge in [-0.3, -0.25) is 9.11 Å². The Bertz CT molecular complexity index is 2110. The van der Waals surface area contributed by atoms with Crippen molar-refractivity contribution in [3.05, 3.63) is 115 Å². The van der Waals surface area contributed by atoms with E-state index in [9.17, 15) is 25.9 Å². The van der Waals surface area contributed by atoms with Crippen LogP contribution < -0.4 is 64.0 Å². The zero-order valence-electron chi connectivity index (χ0n) is 25.4. The molecule has 46 heavy (non-hydrogen) atoms. The fourth-order valence-corrected chi connectivity index (χ4v) is 5.71. The second kappa shape index (κ2) is 16.3. The molecule has 2 N–H and O–H groups in total. The van der Waals surface area contributed by atoms with Crippen molar-refractivity contribution in [2.24, 2.45) is 20.5 Å². The second-order valence-electron chi connectivity index (χ2n) is 9.65. The Balaban J connectivity index is 0.00000288. The van der Waals surface area contributed by atoms with Crippen molar-refractivity contribution in [1.82, 2.24) is 0 Å². The quantitative estimate of drug-likeness (QED) is 0.130. The van der Waals surface area contributed by atoms with E-state index in [-0.39, 0.29) is 80.3 Å². The summed E-state index contributed by atoms with van der Waals surface area (Å²) < 4.78 is 67.0. The van der Waals surface area contributed by atoms with E-state index in [1.807, 2.05) is 42.2 Å². The molecule has 0 bridgehead atoms. The number of azo groups is 2. The van der Waals surface area contributed by atoms with Crippen molar-refractivity contribution < 1.29 is 85.1 Å². The molecule has 0 saturated carbocycles. The Morgan fingerprint density at radius 1 is 0.609 bits per heavy atom. The molecule has 15 heteroatoms. The number of fused-ring (bicyclic) bond motifs is 1. The van der Waals surface area contributed by atoms with E-state index < -0.39 is 20.2 Å². The number of hydrogen-bond donors (Lipinski definition) is 2. The van der Waals surface area contributed by atoms with Gasteiger partial charge in [0.15, 0.2) is 0 Å². The molecule has 0 aliphatic heterocycles. The van der Waals surface area contributed by atoms with Gasteiger partial charge in [-0.2, -0.15) is 21.9 Å². The number of nitrogens with zero attached hydrogens (tertiary/aromatic N) is 5. The molecule has 0 amide bonds. The molecular weight excluding hydrogens is 648 g/mol. The van der Waals surface area contributed by atoms with Gasteiger partial charge in [0.05, 0.1) is 22.0 Å². The van der Waals surface area contributed by atoms with Gasteiger partial charge < -0.3 is 4.90 Å². The summed E-state index contributed by atoms with van der Waals surface area (Å²) in [7, 11) is -9.02. The molecule has 224 valence electrons. The molecule has 11 nitrogen and oxygen atoms in total. The Morgan fingerprint density at radius 3 is 1.76 bits per heavy atom. The Hall–Kier alpha value is -2.82. The predicted octanol–water partition coefficient (Wildman–Crippen LogP) is 2.20. The summed E-state index contributed by atoms with van der Waals surface area (Å²) in [6, 6.07) is 30.2. The molecular formula is C31H27N5Na2O6S2+2. The van der Waals surface area contributed by atoms with Gasteiger partial charge >= 0.3 is 59.1 Å². The van der Waals surface area contributed by atoms with Crippen molar-refractivity contribution in [3.8, 4) is 0 Å². The number of hydrogen-bond acceptors (Lipinski definition) is 9. The molecule has 0 atom stereocenters. The van der Waals surface area contributed by atoms with E-state index in [1.54, 1.807) is 48.5 Å².